The largest absolute Gasteiger partial charge is 0.497 e. The lowest BCUT2D eigenvalue weighted by Gasteiger charge is -2.36. The Morgan fingerprint density at radius 3 is 2.38 bits per heavy atom. The van der Waals surface area contributed by atoms with Gasteiger partial charge in [-0.15, -0.1) is 0 Å². The van der Waals surface area contributed by atoms with Crippen LogP contribution in [0, 0.1) is 16.0 Å². The van der Waals surface area contributed by atoms with Crippen LogP contribution in [-0.2, 0) is 29.5 Å². The number of methoxy groups -OCH3 is 1. The highest BCUT2D eigenvalue weighted by Crippen LogP contribution is 2.57. The normalized spacial score (nSPS) is 18.7. The summed E-state index contributed by atoms with van der Waals surface area (Å²) in [6.07, 6.45) is 0.620. The van der Waals surface area contributed by atoms with Crippen molar-refractivity contribution in [3.8, 4) is 17.2 Å². The van der Waals surface area contributed by atoms with Crippen LogP contribution in [0.15, 0.2) is 59.6 Å². The van der Waals surface area contributed by atoms with E-state index in [0.29, 0.717) is 53.9 Å². The second-order valence-corrected chi connectivity index (χ2v) is 16.3. The minimum atomic E-state index is -1.56. The molecule has 7 N–H and O–H groups in total. The number of ketones is 2. The van der Waals surface area contributed by atoms with E-state index in [2.05, 4.69) is 21.1 Å². The molecule has 324 valence electrons. The molecule has 0 saturated carbocycles. The van der Waals surface area contributed by atoms with Crippen molar-refractivity contribution in [1.29, 1.82) is 0 Å². The van der Waals surface area contributed by atoms with Gasteiger partial charge >= 0.3 is 12.1 Å². The van der Waals surface area contributed by atoms with Gasteiger partial charge in [-0.3, -0.25) is 29.5 Å². The number of nitro benzene ring substituents is 1. The van der Waals surface area contributed by atoms with Gasteiger partial charge in [-0.25, -0.2) is 20.0 Å². The number of nitrogens with one attached hydrogen (secondary N) is 3. The van der Waals surface area contributed by atoms with Crippen LogP contribution < -0.4 is 37.0 Å². The average molecular weight is 843 g/mol. The number of anilines is 1. The number of guanidine groups is 1. The van der Waals surface area contributed by atoms with Gasteiger partial charge in [0.15, 0.2) is 11.6 Å². The molecule has 1 spiro atoms. The molecular weight excluding hydrogens is 793 g/mol. The second kappa shape index (κ2) is 17.6. The zero-order chi connectivity index (χ0) is 44.4. The first-order valence-electron chi connectivity index (χ1n) is 19.8. The number of nitrogens with two attached hydrogens (primary N) is 2. The molecule has 2 unspecified atom stereocenters. The molecule has 1 fully saturated rings. The molecule has 3 aliphatic heterocycles. The molecule has 0 bridgehead atoms. The summed E-state index contributed by atoms with van der Waals surface area (Å²) in [5.41, 5.74) is 13.1. The number of esters is 1. The molecule has 2 amide bonds. The number of Topliss-reactive ketones (excluding diaryl/α,β-unsaturated/α-hetero) is 2. The molecule has 0 radical (unpaired) electrons. The number of ether oxygens (including phenoxy) is 4. The van der Waals surface area contributed by atoms with Crippen molar-refractivity contribution in [2.75, 3.05) is 25.5 Å². The summed E-state index contributed by atoms with van der Waals surface area (Å²) in [5.74, 6) is -2.36. The lowest BCUT2D eigenvalue weighted by atomic mass is 9.77. The zero-order valence-corrected chi connectivity index (χ0v) is 34.7. The van der Waals surface area contributed by atoms with Gasteiger partial charge in [0.25, 0.3) is 5.69 Å². The summed E-state index contributed by atoms with van der Waals surface area (Å²) in [4.78, 5) is 82.7. The molecule has 0 aromatic heterocycles. The summed E-state index contributed by atoms with van der Waals surface area (Å²) in [5, 5.41) is 18.7. The van der Waals surface area contributed by atoms with E-state index in [4.69, 9.17) is 30.4 Å². The molecular formula is C42H50N8O11. The second-order valence-electron chi connectivity index (χ2n) is 16.3. The van der Waals surface area contributed by atoms with Crippen LogP contribution in [0.5, 0.6) is 17.2 Å². The van der Waals surface area contributed by atoms with Crippen molar-refractivity contribution in [3.63, 3.8) is 0 Å². The van der Waals surface area contributed by atoms with Gasteiger partial charge in [0.05, 0.1) is 23.6 Å². The van der Waals surface area contributed by atoms with Gasteiger partial charge in [0, 0.05) is 59.7 Å². The minimum absolute atomic E-state index is 0.0234. The third kappa shape index (κ3) is 9.26. The van der Waals surface area contributed by atoms with Crippen LogP contribution in [0.4, 0.5) is 16.2 Å². The third-order valence-corrected chi connectivity index (χ3v) is 10.5. The van der Waals surface area contributed by atoms with Crippen LogP contribution >= 0.6 is 0 Å². The fourth-order valence-corrected chi connectivity index (χ4v) is 7.68. The van der Waals surface area contributed by atoms with Gasteiger partial charge in [-0.2, -0.15) is 0 Å². The number of nitro groups is 1. The highest BCUT2D eigenvalue weighted by molar-refractivity contribution is 6.41. The minimum Gasteiger partial charge on any atom is -0.497 e. The Bertz CT molecular complexity index is 2290. The van der Waals surface area contributed by atoms with E-state index in [1.54, 1.807) is 76.0 Å². The Balaban J connectivity index is 1.27. The number of aliphatic imine (C=N–C) groups is 1. The monoisotopic (exact) mass is 842 g/mol. The lowest BCUT2D eigenvalue weighted by Crippen LogP contribution is -2.57. The number of alkyl carbamates (subject to hydrolysis) is 1. The number of rotatable bonds is 15. The van der Waals surface area contributed by atoms with E-state index in [-0.39, 0.29) is 41.7 Å². The fourth-order valence-electron chi connectivity index (χ4n) is 7.68. The molecule has 3 aromatic carbocycles. The summed E-state index contributed by atoms with van der Waals surface area (Å²) < 4.78 is 23.3. The highest BCUT2D eigenvalue weighted by atomic mass is 16.6. The topological polar surface area (TPSA) is 269 Å². The maximum absolute atomic E-state index is 14.2. The average Bonchev–Trinajstić information content (AvgIpc) is 3.78. The molecule has 61 heavy (non-hydrogen) atoms. The van der Waals surface area contributed by atoms with Crippen molar-refractivity contribution in [3.05, 3.63) is 87.0 Å². The van der Waals surface area contributed by atoms with E-state index >= 15 is 0 Å². The predicted octanol–water partition coefficient (Wildman–Crippen LogP) is 4.19. The molecule has 3 aliphatic rings. The van der Waals surface area contributed by atoms with Gasteiger partial charge in [-0.05, 0) is 82.7 Å². The number of hydrogen-bond donors (Lipinski definition) is 5. The van der Waals surface area contributed by atoms with Gasteiger partial charge in [0.1, 0.15) is 34.9 Å². The molecule has 3 aromatic rings. The zero-order valence-electron chi connectivity index (χ0n) is 34.7. The number of benzene rings is 3. The van der Waals surface area contributed by atoms with Gasteiger partial charge in [0.2, 0.25) is 17.5 Å². The van der Waals surface area contributed by atoms with E-state index in [9.17, 15) is 34.1 Å². The standard InChI is InChI=1S/C42H50N8O11/c1-22(2)34(47-40(55)61-41(3,4)5)36(52)35(51)31-10-8-18-49(31)48-30(9-7-17-45-39(43)44)37(53)46-23-11-14-28-32(19-23)59-33-21-25(58-6)13-16-29(33)42(28)27-15-12-24(50(56)57)20-26(27)38(54)60-42/h11-16,19-22,30-31,34,48H,7-10,17-18H2,1-6H3,(H,46,53)(H,47,55)(H4,43,44,45)/t30?,31-,34-,42?/m0/s1. The number of hydrogen-bond acceptors (Lipinski definition) is 14. The molecule has 1 saturated heterocycles. The highest BCUT2D eigenvalue weighted by Gasteiger charge is 2.54. The van der Waals surface area contributed by atoms with Crippen LogP contribution in [0.1, 0.15) is 87.4 Å². The van der Waals surface area contributed by atoms with E-state index in [1.807, 2.05) is 0 Å². The Labute approximate surface area is 351 Å². The number of fused-ring (bicyclic) bond motifs is 6. The third-order valence-electron chi connectivity index (χ3n) is 10.5. The maximum Gasteiger partial charge on any atom is 0.408 e. The quantitative estimate of drug-likeness (QED) is 0.0273. The summed E-state index contributed by atoms with van der Waals surface area (Å²) in [6.45, 7) is 9.04. The van der Waals surface area contributed by atoms with E-state index in [0.717, 1.165) is 0 Å². The molecule has 4 atom stereocenters. The van der Waals surface area contributed by atoms with Crippen LogP contribution in [0.3, 0.4) is 0 Å². The summed E-state index contributed by atoms with van der Waals surface area (Å²) >= 11 is 0. The lowest BCUT2D eigenvalue weighted by molar-refractivity contribution is -0.384. The number of non-ortho nitro benzene ring substituents is 1. The van der Waals surface area contributed by atoms with Crippen molar-refractivity contribution in [2.45, 2.75) is 89.6 Å². The van der Waals surface area contributed by atoms with Gasteiger partial charge < -0.3 is 41.0 Å². The molecule has 0 aliphatic carbocycles. The van der Waals surface area contributed by atoms with Crippen LogP contribution in [0.2, 0.25) is 0 Å². The van der Waals surface area contributed by atoms with Crippen molar-refractivity contribution >= 4 is 46.9 Å². The Hall–Kier alpha value is -6.60. The van der Waals surface area contributed by atoms with Crippen molar-refractivity contribution < 1.29 is 47.8 Å². The number of carbonyl (C=O) groups excluding carboxylic acids is 5. The van der Waals surface area contributed by atoms with Crippen LogP contribution in [-0.4, -0.2) is 89.4 Å². The molecule has 19 heteroatoms. The van der Waals surface area contributed by atoms with Crippen molar-refractivity contribution in [2.24, 2.45) is 22.4 Å². The first-order chi connectivity index (χ1) is 28.8. The van der Waals surface area contributed by atoms with E-state index < -0.39 is 69.7 Å². The summed E-state index contributed by atoms with van der Waals surface area (Å²) in [7, 11) is 1.48. The van der Waals surface area contributed by atoms with Crippen LogP contribution in [0.25, 0.3) is 0 Å². The molecule has 3 heterocycles. The maximum atomic E-state index is 14.2. The number of hydrazine groups is 1. The summed E-state index contributed by atoms with van der Waals surface area (Å²) in [6, 6.07) is 10.8. The fraction of sp³-hybridized carbons (Fsp3) is 0.429. The van der Waals surface area contributed by atoms with Crippen molar-refractivity contribution in [1.82, 2.24) is 15.8 Å². The van der Waals surface area contributed by atoms with Gasteiger partial charge in [-0.1, -0.05) is 13.8 Å². The Kier molecular flexibility index (Phi) is 12.6. The Morgan fingerprint density at radius 2 is 1.72 bits per heavy atom. The SMILES string of the molecule is COc1ccc2c(c1)Oc1cc(NC(=O)C(CCCN=C(N)N)NN3CCC[C@H]3C(=O)C(=O)[C@@H](NC(=O)OC(C)(C)C)C(C)C)ccc1C21OC(=O)c2cc([N+](=O)[O-])ccc21. The first-order valence-corrected chi connectivity index (χ1v) is 19.8. The predicted molar refractivity (Wildman–Crippen MR) is 221 cm³/mol. The number of amides is 2. The number of nitrogens with zero attached hydrogens (tertiary/aromatic N) is 3. The first kappa shape index (κ1) is 44.0. The molecule has 19 nitrogen and oxygen atoms in total. The number of carbonyl (C=O) groups is 5. The van der Waals surface area contributed by atoms with E-state index in [1.165, 1.54) is 25.3 Å². The molecule has 6 rings (SSSR count). The smallest absolute Gasteiger partial charge is 0.408 e. The Morgan fingerprint density at radius 1 is 1.03 bits per heavy atom.